The molecule has 2 N–H and O–H groups in total. The van der Waals surface area contributed by atoms with Crippen molar-refractivity contribution >= 4 is 6.09 Å². The van der Waals surface area contributed by atoms with Crippen molar-refractivity contribution in [1.82, 2.24) is 10.6 Å². The van der Waals surface area contributed by atoms with E-state index in [2.05, 4.69) is 31.4 Å². The molecule has 24 heavy (non-hydrogen) atoms. The van der Waals surface area contributed by atoms with Gasteiger partial charge in [-0.1, -0.05) is 39.0 Å². The maximum atomic E-state index is 12.4. The fourth-order valence-corrected chi connectivity index (χ4v) is 4.55. The zero-order valence-corrected chi connectivity index (χ0v) is 16.0. The number of amides is 1. The third-order valence-electron chi connectivity index (χ3n) is 4.97. The van der Waals surface area contributed by atoms with Crippen LogP contribution in [-0.4, -0.2) is 25.7 Å². The maximum Gasteiger partial charge on any atom is 0.412 e. The van der Waals surface area contributed by atoms with Crippen LogP contribution in [0.25, 0.3) is 0 Å². The normalized spacial score (nSPS) is 26.0. The maximum absolute atomic E-state index is 12.4. The summed E-state index contributed by atoms with van der Waals surface area (Å²) in [4.78, 5) is 12.4. The van der Waals surface area contributed by atoms with Crippen molar-refractivity contribution in [3.8, 4) is 5.75 Å². The lowest BCUT2D eigenvalue weighted by molar-refractivity contribution is 0.0719. The third kappa shape index (κ3) is 4.73. The Labute approximate surface area is 146 Å². The largest absolute Gasteiger partial charge is 0.412 e. The van der Waals surface area contributed by atoms with Crippen LogP contribution < -0.4 is 15.4 Å². The lowest BCUT2D eigenvalue weighted by Gasteiger charge is -2.46. The Morgan fingerprint density at radius 3 is 2.42 bits per heavy atom. The highest BCUT2D eigenvalue weighted by molar-refractivity contribution is 5.71. The number of benzene rings is 1. The highest BCUT2D eigenvalue weighted by Gasteiger charge is 2.41. The molecule has 1 fully saturated rings. The van der Waals surface area contributed by atoms with Crippen LogP contribution in [0.15, 0.2) is 18.2 Å². The molecule has 2 atom stereocenters. The molecule has 4 heteroatoms. The minimum absolute atomic E-state index is 0.143. The van der Waals surface area contributed by atoms with Gasteiger partial charge in [-0.25, -0.2) is 4.79 Å². The molecule has 1 amide bonds. The number of hydrogen-bond donors (Lipinski definition) is 2. The highest BCUT2D eigenvalue weighted by Crippen LogP contribution is 2.45. The summed E-state index contributed by atoms with van der Waals surface area (Å²) in [6, 6.07) is 6.04. The molecule has 2 unspecified atom stereocenters. The van der Waals surface area contributed by atoms with E-state index in [-0.39, 0.29) is 23.0 Å². The van der Waals surface area contributed by atoms with E-state index < -0.39 is 0 Å². The summed E-state index contributed by atoms with van der Waals surface area (Å²) in [6.45, 7) is 11.8. The summed E-state index contributed by atoms with van der Waals surface area (Å²) < 4.78 is 5.61. The van der Waals surface area contributed by atoms with Crippen molar-refractivity contribution in [1.29, 1.82) is 0 Å². The Kier molecular flexibility index (Phi) is 5.59. The molecule has 134 valence electrons. The van der Waals surface area contributed by atoms with Gasteiger partial charge in [0.1, 0.15) is 5.75 Å². The van der Waals surface area contributed by atoms with Gasteiger partial charge in [0.05, 0.1) is 0 Å². The molecule has 0 heterocycles. The smallest absolute Gasteiger partial charge is 0.410 e. The van der Waals surface area contributed by atoms with Gasteiger partial charge in [-0.2, -0.15) is 0 Å². The molecule has 1 aromatic carbocycles. The molecule has 1 saturated carbocycles. The van der Waals surface area contributed by atoms with Crippen molar-refractivity contribution < 1.29 is 9.53 Å². The van der Waals surface area contributed by atoms with Crippen LogP contribution in [0.5, 0.6) is 5.75 Å². The molecular weight excluding hydrogens is 300 g/mol. The number of aryl methyl sites for hydroxylation is 2. The molecule has 1 aromatic rings. The van der Waals surface area contributed by atoms with Crippen LogP contribution in [0.1, 0.15) is 51.2 Å². The Balaban J connectivity index is 2.05. The summed E-state index contributed by atoms with van der Waals surface area (Å²) in [5.74, 6) is 0.669. The molecule has 0 radical (unpaired) electrons. The molecule has 0 saturated heterocycles. The summed E-state index contributed by atoms with van der Waals surface area (Å²) in [6.07, 6.45) is 2.76. The van der Waals surface area contributed by atoms with E-state index in [9.17, 15) is 4.79 Å². The van der Waals surface area contributed by atoms with Gasteiger partial charge in [0, 0.05) is 12.6 Å². The zero-order valence-electron chi connectivity index (χ0n) is 16.0. The lowest BCUT2D eigenvalue weighted by atomic mass is 9.62. The van der Waals surface area contributed by atoms with Crippen LogP contribution in [0.3, 0.4) is 0 Å². The Morgan fingerprint density at radius 2 is 1.83 bits per heavy atom. The molecule has 0 aliphatic heterocycles. The van der Waals surface area contributed by atoms with Gasteiger partial charge in [0.2, 0.25) is 0 Å². The van der Waals surface area contributed by atoms with E-state index in [1.165, 1.54) is 0 Å². The van der Waals surface area contributed by atoms with Crippen LogP contribution >= 0.6 is 0 Å². The average Bonchev–Trinajstić information content (AvgIpc) is 2.40. The van der Waals surface area contributed by atoms with Crippen molar-refractivity contribution in [2.75, 3.05) is 13.6 Å². The Hall–Kier alpha value is -1.55. The van der Waals surface area contributed by atoms with Gasteiger partial charge in [-0.3, -0.25) is 0 Å². The number of rotatable bonds is 4. The van der Waals surface area contributed by atoms with E-state index in [4.69, 9.17) is 4.74 Å². The second-order valence-corrected chi connectivity index (χ2v) is 8.54. The predicted molar refractivity (Wildman–Crippen MR) is 98.5 cm³/mol. The monoisotopic (exact) mass is 332 g/mol. The first-order valence-corrected chi connectivity index (χ1v) is 8.83. The van der Waals surface area contributed by atoms with Crippen LogP contribution in [0.4, 0.5) is 4.79 Å². The standard InChI is InChI=1S/C20H32N2O2/c1-14-8-7-9-15(2)17(14)24-18(23)22-16-10-19(3,4)12-20(5,11-16)13-21-6/h7-9,16,21H,10-13H2,1-6H3,(H,22,23). The fraction of sp³-hybridized carbons (Fsp3) is 0.650. The molecule has 1 aliphatic rings. The van der Waals surface area contributed by atoms with E-state index in [0.29, 0.717) is 5.75 Å². The van der Waals surface area contributed by atoms with Gasteiger partial charge in [0.15, 0.2) is 0 Å². The molecule has 0 bridgehead atoms. The summed E-state index contributed by atoms with van der Waals surface area (Å²) >= 11 is 0. The van der Waals surface area contributed by atoms with Gasteiger partial charge in [-0.05, 0) is 62.1 Å². The second kappa shape index (κ2) is 7.14. The van der Waals surface area contributed by atoms with Gasteiger partial charge >= 0.3 is 6.09 Å². The molecule has 0 spiro atoms. The predicted octanol–water partition coefficient (Wildman–Crippen LogP) is 4.20. The summed E-state index contributed by atoms with van der Waals surface area (Å²) in [5.41, 5.74) is 2.36. The first-order valence-electron chi connectivity index (χ1n) is 8.83. The number of ether oxygens (including phenoxy) is 1. The topological polar surface area (TPSA) is 50.4 Å². The lowest BCUT2D eigenvalue weighted by Crippen LogP contribution is -2.50. The first-order chi connectivity index (χ1) is 11.1. The number of nitrogens with one attached hydrogen (secondary N) is 2. The third-order valence-corrected chi connectivity index (χ3v) is 4.97. The minimum atomic E-state index is -0.345. The van der Waals surface area contributed by atoms with Crippen molar-refractivity contribution in [2.45, 2.75) is 59.9 Å². The average molecular weight is 332 g/mol. The van der Waals surface area contributed by atoms with E-state index in [0.717, 1.165) is 36.9 Å². The van der Waals surface area contributed by atoms with Crippen molar-refractivity contribution in [2.24, 2.45) is 10.8 Å². The second-order valence-electron chi connectivity index (χ2n) is 8.54. The molecule has 0 aromatic heterocycles. The van der Waals surface area contributed by atoms with Crippen LogP contribution in [-0.2, 0) is 0 Å². The van der Waals surface area contributed by atoms with E-state index in [1.54, 1.807) is 0 Å². The van der Waals surface area contributed by atoms with Crippen LogP contribution in [0.2, 0.25) is 0 Å². The zero-order chi connectivity index (χ0) is 18.0. The molecule has 2 rings (SSSR count). The SMILES string of the molecule is CNCC1(C)CC(NC(=O)Oc2c(C)cccc2C)CC(C)(C)C1. The summed E-state index contributed by atoms with van der Waals surface area (Å²) in [7, 11) is 1.99. The van der Waals surface area contributed by atoms with Crippen molar-refractivity contribution in [3.63, 3.8) is 0 Å². The van der Waals surface area contributed by atoms with E-state index >= 15 is 0 Å². The Bertz CT molecular complexity index is 577. The van der Waals surface area contributed by atoms with Crippen LogP contribution in [0, 0.1) is 24.7 Å². The minimum Gasteiger partial charge on any atom is -0.410 e. The summed E-state index contributed by atoms with van der Waals surface area (Å²) in [5, 5.41) is 6.40. The van der Waals surface area contributed by atoms with Crippen molar-refractivity contribution in [3.05, 3.63) is 29.3 Å². The highest BCUT2D eigenvalue weighted by atomic mass is 16.6. The first kappa shape index (κ1) is 18.8. The number of hydrogen-bond acceptors (Lipinski definition) is 3. The number of carbonyl (C=O) groups is 1. The molecular formula is C20H32N2O2. The van der Waals surface area contributed by atoms with Gasteiger partial charge < -0.3 is 15.4 Å². The van der Waals surface area contributed by atoms with E-state index in [1.807, 2.05) is 39.1 Å². The molecule has 4 nitrogen and oxygen atoms in total. The Morgan fingerprint density at radius 1 is 1.21 bits per heavy atom. The van der Waals surface area contributed by atoms with Gasteiger partial charge in [-0.15, -0.1) is 0 Å². The quantitative estimate of drug-likeness (QED) is 0.869. The fourth-order valence-electron chi connectivity index (χ4n) is 4.55. The number of para-hydroxylation sites is 1. The molecule has 1 aliphatic carbocycles. The van der Waals surface area contributed by atoms with Gasteiger partial charge in [0.25, 0.3) is 0 Å². The number of carbonyl (C=O) groups excluding carboxylic acids is 1.